The third-order valence-corrected chi connectivity index (χ3v) is 2.64. The van der Waals surface area contributed by atoms with Gasteiger partial charge in [0.2, 0.25) is 0 Å². The Kier molecular flexibility index (Phi) is 5.28. The van der Waals surface area contributed by atoms with Crippen molar-refractivity contribution in [3.63, 3.8) is 0 Å². The lowest BCUT2D eigenvalue weighted by molar-refractivity contribution is -0.384. The summed E-state index contributed by atoms with van der Waals surface area (Å²) in [5.41, 5.74) is 0.796. The van der Waals surface area contributed by atoms with Crippen molar-refractivity contribution < 1.29 is 4.92 Å². The van der Waals surface area contributed by atoms with E-state index in [1.54, 1.807) is 12.1 Å². The molecule has 18 heavy (non-hydrogen) atoms. The molecule has 0 aliphatic heterocycles. The highest BCUT2D eigenvalue weighted by molar-refractivity contribution is 5.35. The van der Waals surface area contributed by atoms with Gasteiger partial charge in [-0.15, -0.1) is 0 Å². The maximum atomic E-state index is 10.5. The lowest BCUT2D eigenvalue weighted by Gasteiger charge is -2.12. The van der Waals surface area contributed by atoms with E-state index in [0.29, 0.717) is 5.92 Å². The third kappa shape index (κ3) is 4.15. The molecule has 0 saturated carbocycles. The molecule has 1 rings (SSSR count). The maximum Gasteiger partial charge on any atom is 0.269 e. The number of non-ortho nitro benzene ring substituents is 1. The van der Waals surface area contributed by atoms with Crippen molar-refractivity contribution in [1.29, 1.82) is 5.26 Å². The minimum absolute atomic E-state index is 0.0395. The molecule has 0 saturated heterocycles. The zero-order chi connectivity index (χ0) is 13.5. The summed E-state index contributed by atoms with van der Waals surface area (Å²) in [7, 11) is 0. The molecule has 0 aromatic heterocycles. The van der Waals surface area contributed by atoms with Crippen molar-refractivity contribution in [2.45, 2.75) is 26.3 Å². The Balaban J connectivity index is 2.65. The van der Waals surface area contributed by atoms with Gasteiger partial charge in [-0.2, -0.15) is 5.26 Å². The average molecular weight is 247 g/mol. The van der Waals surface area contributed by atoms with Crippen molar-refractivity contribution in [2.75, 3.05) is 6.54 Å². The topological polar surface area (TPSA) is 79.0 Å². The lowest BCUT2D eigenvalue weighted by Crippen LogP contribution is -2.22. The van der Waals surface area contributed by atoms with E-state index in [0.717, 1.165) is 18.5 Å². The van der Waals surface area contributed by atoms with E-state index in [1.165, 1.54) is 12.1 Å². The fourth-order valence-electron chi connectivity index (χ4n) is 1.54. The van der Waals surface area contributed by atoms with Crippen LogP contribution in [0, 0.1) is 27.4 Å². The lowest BCUT2D eigenvalue weighted by atomic mass is 10.1. The molecule has 0 radical (unpaired) electrons. The van der Waals surface area contributed by atoms with Gasteiger partial charge in [0.15, 0.2) is 0 Å². The van der Waals surface area contributed by atoms with Crippen LogP contribution in [0.25, 0.3) is 0 Å². The number of nitro benzene ring substituents is 1. The highest BCUT2D eigenvalue weighted by atomic mass is 16.6. The van der Waals surface area contributed by atoms with E-state index in [9.17, 15) is 10.1 Å². The fraction of sp³-hybridized carbons (Fsp3) is 0.462. The predicted molar refractivity (Wildman–Crippen MR) is 68.9 cm³/mol. The molecule has 0 spiro atoms. The van der Waals surface area contributed by atoms with Crippen LogP contribution in [0.5, 0.6) is 0 Å². The van der Waals surface area contributed by atoms with Crippen molar-refractivity contribution in [1.82, 2.24) is 5.32 Å². The van der Waals surface area contributed by atoms with Crippen LogP contribution < -0.4 is 5.32 Å². The monoisotopic (exact) mass is 247 g/mol. The van der Waals surface area contributed by atoms with E-state index in [1.807, 2.05) is 0 Å². The van der Waals surface area contributed by atoms with Crippen LogP contribution in [0.1, 0.15) is 31.9 Å². The molecule has 1 unspecified atom stereocenters. The number of rotatable bonds is 6. The zero-order valence-electron chi connectivity index (χ0n) is 10.6. The maximum absolute atomic E-state index is 10.5. The summed E-state index contributed by atoms with van der Waals surface area (Å²) in [5.74, 6) is 0.578. The van der Waals surface area contributed by atoms with Crippen LogP contribution >= 0.6 is 0 Å². The Morgan fingerprint density at radius 3 is 2.44 bits per heavy atom. The average Bonchev–Trinajstić information content (AvgIpc) is 2.34. The van der Waals surface area contributed by atoms with Crippen LogP contribution in [0.4, 0.5) is 5.69 Å². The molecule has 5 heteroatoms. The molecule has 1 atom stereocenters. The summed E-state index contributed by atoms with van der Waals surface area (Å²) in [6.07, 6.45) is 0.991. The minimum atomic E-state index is -0.447. The summed E-state index contributed by atoms with van der Waals surface area (Å²) in [6, 6.07) is 7.83. The summed E-state index contributed by atoms with van der Waals surface area (Å²) < 4.78 is 0. The minimum Gasteiger partial charge on any atom is -0.298 e. The van der Waals surface area contributed by atoms with E-state index < -0.39 is 11.0 Å². The van der Waals surface area contributed by atoms with Gasteiger partial charge >= 0.3 is 0 Å². The Morgan fingerprint density at radius 2 is 2.00 bits per heavy atom. The Hall–Kier alpha value is -1.93. The molecular formula is C13H17N3O2. The van der Waals surface area contributed by atoms with Crippen molar-refractivity contribution in [2.24, 2.45) is 5.92 Å². The molecule has 0 aliphatic carbocycles. The van der Waals surface area contributed by atoms with E-state index in [4.69, 9.17) is 5.26 Å². The van der Waals surface area contributed by atoms with Gasteiger partial charge in [-0.25, -0.2) is 0 Å². The van der Waals surface area contributed by atoms with Crippen molar-refractivity contribution in [3.05, 3.63) is 39.9 Å². The molecule has 0 bridgehead atoms. The third-order valence-electron chi connectivity index (χ3n) is 2.64. The van der Waals surface area contributed by atoms with Crippen LogP contribution in [-0.4, -0.2) is 11.5 Å². The SMILES string of the molecule is CC(C)CCNC(C#N)c1ccc([N+](=O)[O-])cc1. The van der Waals surface area contributed by atoms with Crippen LogP contribution in [0.2, 0.25) is 0 Å². The van der Waals surface area contributed by atoms with Gasteiger partial charge in [0.1, 0.15) is 6.04 Å². The number of nitro groups is 1. The molecule has 1 aromatic carbocycles. The van der Waals surface area contributed by atoms with E-state index in [-0.39, 0.29) is 5.69 Å². The number of hydrogen-bond acceptors (Lipinski definition) is 4. The Morgan fingerprint density at radius 1 is 1.39 bits per heavy atom. The normalized spacial score (nSPS) is 12.1. The van der Waals surface area contributed by atoms with Gasteiger partial charge in [-0.3, -0.25) is 15.4 Å². The van der Waals surface area contributed by atoms with Gasteiger partial charge in [-0.1, -0.05) is 13.8 Å². The molecule has 96 valence electrons. The largest absolute Gasteiger partial charge is 0.298 e. The predicted octanol–water partition coefficient (Wildman–Crippen LogP) is 2.80. The van der Waals surface area contributed by atoms with Gasteiger partial charge in [-0.05, 0) is 36.6 Å². The van der Waals surface area contributed by atoms with Gasteiger partial charge in [0.25, 0.3) is 5.69 Å². The van der Waals surface area contributed by atoms with E-state index >= 15 is 0 Å². The second kappa shape index (κ2) is 6.72. The molecule has 0 amide bonds. The first-order chi connectivity index (χ1) is 8.54. The summed E-state index contributed by atoms with van der Waals surface area (Å²) >= 11 is 0. The summed E-state index contributed by atoms with van der Waals surface area (Å²) in [5, 5.41) is 22.7. The van der Waals surface area contributed by atoms with Crippen LogP contribution in [0.3, 0.4) is 0 Å². The second-order valence-corrected chi connectivity index (χ2v) is 4.55. The van der Waals surface area contributed by atoms with Gasteiger partial charge < -0.3 is 0 Å². The number of nitrogens with one attached hydrogen (secondary N) is 1. The first kappa shape index (κ1) is 14.1. The van der Waals surface area contributed by atoms with E-state index in [2.05, 4.69) is 25.2 Å². The number of nitrogens with zero attached hydrogens (tertiary/aromatic N) is 2. The molecule has 5 nitrogen and oxygen atoms in total. The summed E-state index contributed by atoms with van der Waals surface area (Å²) in [4.78, 5) is 10.1. The summed E-state index contributed by atoms with van der Waals surface area (Å²) in [6.45, 7) is 5.00. The number of nitriles is 1. The molecule has 0 heterocycles. The first-order valence-electron chi connectivity index (χ1n) is 5.92. The second-order valence-electron chi connectivity index (χ2n) is 4.55. The van der Waals surface area contributed by atoms with Crippen LogP contribution in [-0.2, 0) is 0 Å². The first-order valence-corrected chi connectivity index (χ1v) is 5.92. The molecular weight excluding hydrogens is 230 g/mol. The molecule has 1 N–H and O–H groups in total. The van der Waals surface area contributed by atoms with Crippen molar-refractivity contribution >= 4 is 5.69 Å². The van der Waals surface area contributed by atoms with Gasteiger partial charge in [0, 0.05) is 12.1 Å². The Labute approximate surface area is 107 Å². The molecule has 0 aliphatic rings. The fourth-order valence-corrected chi connectivity index (χ4v) is 1.54. The number of benzene rings is 1. The highest BCUT2D eigenvalue weighted by Crippen LogP contribution is 2.17. The number of hydrogen-bond donors (Lipinski definition) is 1. The highest BCUT2D eigenvalue weighted by Gasteiger charge is 2.11. The standard InChI is InChI=1S/C13H17N3O2/c1-10(2)7-8-15-13(9-14)11-3-5-12(6-4-11)16(17)18/h3-6,10,13,15H,7-8H2,1-2H3. The van der Waals surface area contributed by atoms with Gasteiger partial charge in [0.05, 0.1) is 11.0 Å². The Bertz CT molecular complexity index is 435. The quantitative estimate of drug-likeness (QED) is 0.619. The molecule has 1 aromatic rings. The van der Waals surface area contributed by atoms with Crippen LogP contribution in [0.15, 0.2) is 24.3 Å². The molecule has 0 fully saturated rings. The van der Waals surface area contributed by atoms with Crippen molar-refractivity contribution in [3.8, 4) is 6.07 Å². The zero-order valence-corrected chi connectivity index (χ0v) is 10.6. The smallest absolute Gasteiger partial charge is 0.269 e.